The zero-order chi connectivity index (χ0) is 10.1. The highest BCUT2D eigenvalue weighted by Gasteiger charge is 2.07. The van der Waals surface area contributed by atoms with Gasteiger partial charge in [0.05, 0.1) is 0 Å². The van der Waals surface area contributed by atoms with Gasteiger partial charge in [0.25, 0.3) is 0 Å². The third kappa shape index (κ3) is 6.62. The second kappa shape index (κ2) is 8.09. The van der Waals surface area contributed by atoms with Gasteiger partial charge in [0, 0.05) is 13.6 Å². The first-order chi connectivity index (χ1) is 6.24. The maximum Gasteiger partial charge on any atom is 0.209 e. The first-order valence-electron chi connectivity index (χ1n) is 5.40. The van der Waals surface area contributed by atoms with Crippen molar-refractivity contribution in [1.82, 2.24) is 4.90 Å². The quantitative estimate of drug-likeness (QED) is 0.420. The molecular weight excluding hydrogens is 162 g/mol. The van der Waals surface area contributed by atoms with E-state index in [0.717, 1.165) is 13.0 Å². The standard InChI is InChI=1S/C11H23NO/c1-4-6-7-8-11(5-2)9-12(3)10-13/h10-11H,4-9H2,1-3H3. The van der Waals surface area contributed by atoms with Crippen LogP contribution >= 0.6 is 0 Å². The van der Waals surface area contributed by atoms with Crippen LogP contribution in [0.25, 0.3) is 0 Å². The van der Waals surface area contributed by atoms with Crippen LogP contribution in [-0.2, 0) is 4.79 Å². The number of unbranched alkanes of at least 4 members (excludes halogenated alkanes) is 2. The molecular formula is C11H23NO. The van der Waals surface area contributed by atoms with E-state index in [9.17, 15) is 4.79 Å². The Morgan fingerprint density at radius 1 is 1.31 bits per heavy atom. The second-order valence-corrected chi connectivity index (χ2v) is 3.82. The molecule has 78 valence electrons. The molecule has 0 aliphatic carbocycles. The number of amides is 1. The van der Waals surface area contributed by atoms with E-state index in [1.165, 1.54) is 32.1 Å². The number of hydrogen-bond acceptors (Lipinski definition) is 1. The number of carbonyl (C=O) groups is 1. The zero-order valence-electron chi connectivity index (χ0n) is 9.25. The summed E-state index contributed by atoms with van der Waals surface area (Å²) in [6.07, 6.45) is 7.27. The van der Waals surface area contributed by atoms with Crippen LogP contribution in [0.5, 0.6) is 0 Å². The summed E-state index contributed by atoms with van der Waals surface area (Å²) in [4.78, 5) is 12.2. The predicted octanol–water partition coefficient (Wildman–Crippen LogP) is 2.68. The second-order valence-electron chi connectivity index (χ2n) is 3.82. The fourth-order valence-electron chi connectivity index (χ4n) is 1.56. The SMILES string of the molecule is CCCCCC(CC)CN(C)C=O. The molecule has 1 unspecified atom stereocenters. The first kappa shape index (κ1) is 12.5. The van der Waals surface area contributed by atoms with E-state index in [1.54, 1.807) is 4.90 Å². The average Bonchev–Trinajstić information content (AvgIpc) is 2.16. The van der Waals surface area contributed by atoms with E-state index in [-0.39, 0.29) is 0 Å². The molecule has 0 fully saturated rings. The summed E-state index contributed by atoms with van der Waals surface area (Å²) >= 11 is 0. The van der Waals surface area contributed by atoms with Gasteiger partial charge in [-0.2, -0.15) is 0 Å². The highest BCUT2D eigenvalue weighted by atomic mass is 16.1. The topological polar surface area (TPSA) is 20.3 Å². The van der Waals surface area contributed by atoms with Crippen molar-refractivity contribution in [2.45, 2.75) is 46.0 Å². The van der Waals surface area contributed by atoms with Gasteiger partial charge in [-0.05, 0) is 12.3 Å². The number of nitrogens with zero attached hydrogens (tertiary/aromatic N) is 1. The Bertz CT molecular complexity index is 125. The molecule has 0 saturated carbocycles. The van der Waals surface area contributed by atoms with Crippen molar-refractivity contribution in [3.63, 3.8) is 0 Å². The molecule has 2 nitrogen and oxygen atoms in total. The van der Waals surface area contributed by atoms with E-state index >= 15 is 0 Å². The molecule has 0 aromatic rings. The Morgan fingerprint density at radius 2 is 2.00 bits per heavy atom. The Morgan fingerprint density at radius 3 is 2.46 bits per heavy atom. The largest absolute Gasteiger partial charge is 0.348 e. The minimum atomic E-state index is 0.696. The minimum Gasteiger partial charge on any atom is -0.348 e. The molecule has 0 aliphatic rings. The Kier molecular flexibility index (Phi) is 7.76. The molecule has 0 spiro atoms. The average molecular weight is 185 g/mol. The van der Waals surface area contributed by atoms with Crippen LogP contribution < -0.4 is 0 Å². The summed E-state index contributed by atoms with van der Waals surface area (Å²) in [5.74, 6) is 0.696. The fraction of sp³-hybridized carbons (Fsp3) is 0.909. The normalized spacial score (nSPS) is 12.5. The van der Waals surface area contributed by atoms with Gasteiger partial charge in [0.15, 0.2) is 0 Å². The van der Waals surface area contributed by atoms with Crippen LogP contribution in [0.15, 0.2) is 0 Å². The third-order valence-corrected chi connectivity index (χ3v) is 2.52. The molecule has 0 aromatic heterocycles. The van der Waals surface area contributed by atoms with Gasteiger partial charge in [0.1, 0.15) is 0 Å². The van der Waals surface area contributed by atoms with Gasteiger partial charge in [-0.15, -0.1) is 0 Å². The third-order valence-electron chi connectivity index (χ3n) is 2.52. The minimum absolute atomic E-state index is 0.696. The van der Waals surface area contributed by atoms with Crippen molar-refractivity contribution in [2.75, 3.05) is 13.6 Å². The van der Waals surface area contributed by atoms with Crippen LogP contribution in [0.4, 0.5) is 0 Å². The van der Waals surface area contributed by atoms with E-state index < -0.39 is 0 Å². The number of hydrogen-bond donors (Lipinski definition) is 0. The van der Waals surface area contributed by atoms with Crippen molar-refractivity contribution < 1.29 is 4.79 Å². The molecule has 2 heteroatoms. The molecule has 0 rings (SSSR count). The van der Waals surface area contributed by atoms with Crippen molar-refractivity contribution in [3.05, 3.63) is 0 Å². The fourth-order valence-corrected chi connectivity index (χ4v) is 1.56. The number of carbonyl (C=O) groups excluding carboxylic acids is 1. The molecule has 1 atom stereocenters. The summed E-state index contributed by atoms with van der Waals surface area (Å²) in [7, 11) is 1.86. The lowest BCUT2D eigenvalue weighted by Crippen LogP contribution is -2.23. The van der Waals surface area contributed by atoms with E-state index in [1.807, 2.05) is 7.05 Å². The maximum atomic E-state index is 10.4. The molecule has 0 aromatic carbocycles. The lowest BCUT2D eigenvalue weighted by atomic mass is 9.98. The van der Waals surface area contributed by atoms with Gasteiger partial charge in [-0.25, -0.2) is 0 Å². The lowest BCUT2D eigenvalue weighted by Gasteiger charge is -2.19. The van der Waals surface area contributed by atoms with Crippen LogP contribution in [0.2, 0.25) is 0 Å². The van der Waals surface area contributed by atoms with Gasteiger partial charge < -0.3 is 4.90 Å². The lowest BCUT2D eigenvalue weighted by molar-refractivity contribution is -0.117. The molecule has 0 radical (unpaired) electrons. The highest BCUT2D eigenvalue weighted by Crippen LogP contribution is 2.13. The van der Waals surface area contributed by atoms with Crippen LogP contribution in [0.1, 0.15) is 46.0 Å². The molecule has 0 saturated heterocycles. The maximum absolute atomic E-state index is 10.4. The molecule has 0 heterocycles. The molecule has 0 N–H and O–H groups in total. The summed E-state index contributed by atoms with van der Waals surface area (Å²) in [6.45, 7) is 5.34. The first-order valence-corrected chi connectivity index (χ1v) is 5.40. The van der Waals surface area contributed by atoms with Gasteiger partial charge >= 0.3 is 0 Å². The summed E-state index contributed by atoms with van der Waals surface area (Å²) in [6, 6.07) is 0. The summed E-state index contributed by atoms with van der Waals surface area (Å²) in [5.41, 5.74) is 0. The predicted molar refractivity (Wildman–Crippen MR) is 56.6 cm³/mol. The van der Waals surface area contributed by atoms with Gasteiger partial charge in [-0.1, -0.05) is 39.5 Å². The summed E-state index contributed by atoms with van der Waals surface area (Å²) in [5, 5.41) is 0. The summed E-state index contributed by atoms with van der Waals surface area (Å²) < 4.78 is 0. The smallest absolute Gasteiger partial charge is 0.209 e. The van der Waals surface area contributed by atoms with Crippen molar-refractivity contribution >= 4 is 6.41 Å². The van der Waals surface area contributed by atoms with Crippen LogP contribution in [0, 0.1) is 5.92 Å². The zero-order valence-corrected chi connectivity index (χ0v) is 9.25. The van der Waals surface area contributed by atoms with E-state index in [2.05, 4.69) is 13.8 Å². The Balaban J connectivity index is 3.56. The monoisotopic (exact) mass is 185 g/mol. The molecule has 13 heavy (non-hydrogen) atoms. The molecule has 0 bridgehead atoms. The molecule has 0 aliphatic heterocycles. The Hall–Kier alpha value is -0.530. The van der Waals surface area contributed by atoms with Crippen molar-refractivity contribution in [2.24, 2.45) is 5.92 Å². The highest BCUT2D eigenvalue weighted by molar-refractivity contribution is 5.46. The van der Waals surface area contributed by atoms with Gasteiger partial charge in [-0.3, -0.25) is 4.79 Å². The van der Waals surface area contributed by atoms with Crippen molar-refractivity contribution in [3.8, 4) is 0 Å². The van der Waals surface area contributed by atoms with Gasteiger partial charge in [0.2, 0.25) is 6.41 Å². The van der Waals surface area contributed by atoms with Crippen LogP contribution in [0.3, 0.4) is 0 Å². The number of rotatable bonds is 8. The molecule has 1 amide bonds. The van der Waals surface area contributed by atoms with Crippen molar-refractivity contribution in [1.29, 1.82) is 0 Å². The van der Waals surface area contributed by atoms with E-state index in [0.29, 0.717) is 5.92 Å². The van der Waals surface area contributed by atoms with Crippen LogP contribution in [-0.4, -0.2) is 24.9 Å². The van der Waals surface area contributed by atoms with E-state index in [4.69, 9.17) is 0 Å². The Labute approximate surface area is 82.3 Å².